The number of carbonyl (C=O) groups is 3. The molecule has 1 saturated heterocycles. The Labute approximate surface area is 171 Å². The monoisotopic (exact) mass is 393 g/mol. The molecule has 6 nitrogen and oxygen atoms in total. The van der Waals surface area contributed by atoms with E-state index in [0.29, 0.717) is 13.1 Å². The lowest BCUT2D eigenvalue weighted by Crippen LogP contribution is -2.38. The van der Waals surface area contributed by atoms with Gasteiger partial charge in [-0.1, -0.05) is 48.0 Å². The van der Waals surface area contributed by atoms with Crippen molar-refractivity contribution in [1.29, 1.82) is 0 Å². The van der Waals surface area contributed by atoms with Gasteiger partial charge in [-0.3, -0.25) is 14.4 Å². The summed E-state index contributed by atoms with van der Waals surface area (Å²) in [5.41, 5.74) is 4.92. The molecular formula is C23H27N3O3. The van der Waals surface area contributed by atoms with Crippen molar-refractivity contribution >= 4 is 23.4 Å². The molecule has 3 rings (SSSR count). The van der Waals surface area contributed by atoms with Crippen LogP contribution in [0.25, 0.3) is 0 Å². The van der Waals surface area contributed by atoms with Crippen LogP contribution in [0.4, 0.5) is 5.69 Å². The van der Waals surface area contributed by atoms with Gasteiger partial charge in [-0.05, 0) is 37.5 Å². The minimum Gasteiger partial charge on any atom is -0.347 e. The largest absolute Gasteiger partial charge is 0.347 e. The van der Waals surface area contributed by atoms with Gasteiger partial charge in [0.25, 0.3) is 0 Å². The van der Waals surface area contributed by atoms with Gasteiger partial charge in [-0.2, -0.15) is 0 Å². The maximum absolute atomic E-state index is 12.5. The highest BCUT2D eigenvalue weighted by molar-refractivity contribution is 5.97. The molecule has 3 amide bonds. The highest BCUT2D eigenvalue weighted by Gasteiger charge is 2.34. The Morgan fingerprint density at radius 2 is 1.72 bits per heavy atom. The molecule has 6 heteroatoms. The van der Waals surface area contributed by atoms with E-state index in [2.05, 4.69) is 10.6 Å². The van der Waals surface area contributed by atoms with Crippen LogP contribution in [0.5, 0.6) is 0 Å². The van der Waals surface area contributed by atoms with Crippen LogP contribution < -0.4 is 10.6 Å². The maximum Gasteiger partial charge on any atom is 0.243 e. The summed E-state index contributed by atoms with van der Waals surface area (Å²) in [6.45, 7) is 6.65. The third-order valence-electron chi connectivity index (χ3n) is 5.17. The fraction of sp³-hybridized carbons (Fsp3) is 0.348. The predicted octanol–water partition coefficient (Wildman–Crippen LogP) is 2.72. The molecule has 1 aliphatic rings. The van der Waals surface area contributed by atoms with Crippen molar-refractivity contribution in [1.82, 2.24) is 10.2 Å². The highest BCUT2D eigenvalue weighted by atomic mass is 16.2. The normalized spacial score (nSPS) is 16.0. The van der Waals surface area contributed by atoms with Crippen LogP contribution in [0.2, 0.25) is 0 Å². The number of amides is 3. The molecule has 0 radical (unpaired) electrons. The van der Waals surface area contributed by atoms with Gasteiger partial charge >= 0.3 is 0 Å². The SMILES string of the molecule is Cc1cc(C)c(NC(=O)CNC(=O)C2CC(=O)N(Cc3ccccc3)C2)c(C)c1. The lowest BCUT2D eigenvalue weighted by atomic mass is 10.1. The molecule has 152 valence electrons. The fourth-order valence-electron chi connectivity index (χ4n) is 3.78. The van der Waals surface area contributed by atoms with Gasteiger partial charge in [0, 0.05) is 25.2 Å². The molecule has 2 aromatic carbocycles. The number of nitrogens with one attached hydrogen (secondary N) is 2. The molecule has 2 aromatic rings. The summed E-state index contributed by atoms with van der Waals surface area (Å²) in [5, 5.41) is 5.54. The van der Waals surface area contributed by atoms with Crippen molar-refractivity contribution < 1.29 is 14.4 Å². The minimum absolute atomic E-state index is 0.0376. The van der Waals surface area contributed by atoms with Crippen LogP contribution >= 0.6 is 0 Å². The van der Waals surface area contributed by atoms with Crippen molar-refractivity contribution in [3.63, 3.8) is 0 Å². The number of likely N-dealkylation sites (tertiary alicyclic amines) is 1. The Kier molecular flexibility index (Phi) is 6.32. The first kappa shape index (κ1) is 20.6. The second-order valence-corrected chi connectivity index (χ2v) is 7.70. The second kappa shape index (κ2) is 8.90. The quantitative estimate of drug-likeness (QED) is 0.792. The molecule has 2 N–H and O–H groups in total. The van der Waals surface area contributed by atoms with Crippen LogP contribution in [0.3, 0.4) is 0 Å². The van der Waals surface area contributed by atoms with Crippen LogP contribution in [0.1, 0.15) is 28.7 Å². The smallest absolute Gasteiger partial charge is 0.243 e. The van der Waals surface area contributed by atoms with Gasteiger partial charge in [0.05, 0.1) is 12.5 Å². The summed E-state index contributed by atoms with van der Waals surface area (Å²) in [4.78, 5) is 38.7. The zero-order valence-corrected chi connectivity index (χ0v) is 17.1. The number of carbonyl (C=O) groups excluding carboxylic acids is 3. The Balaban J connectivity index is 1.51. The molecule has 1 heterocycles. The van der Waals surface area contributed by atoms with Gasteiger partial charge < -0.3 is 15.5 Å². The molecule has 0 aliphatic carbocycles. The fourth-order valence-corrected chi connectivity index (χ4v) is 3.78. The van der Waals surface area contributed by atoms with E-state index in [9.17, 15) is 14.4 Å². The Morgan fingerprint density at radius 1 is 1.07 bits per heavy atom. The van der Waals surface area contributed by atoms with E-state index >= 15 is 0 Å². The van der Waals surface area contributed by atoms with Crippen molar-refractivity contribution in [2.24, 2.45) is 5.92 Å². The Morgan fingerprint density at radius 3 is 2.38 bits per heavy atom. The number of anilines is 1. The molecule has 0 aromatic heterocycles. The van der Waals surface area contributed by atoms with Crippen LogP contribution in [-0.4, -0.2) is 35.7 Å². The van der Waals surface area contributed by atoms with Gasteiger partial charge in [-0.15, -0.1) is 0 Å². The molecule has 1 unspecified atom stereocenters. The lowest BCUT2D eigenvalue weighted by Gasteiger charge is -2.17. The molecule has 1 fully saturated rings. The number of rotatable bonds is 6. The molecule has 1 aliphatic heterocycles. The molecule has 0 spiro atoms. The van der Waals surface area contributed by atoms with Gasteiger partial charge in [0.2, 0.25) is 17.7 Å². The summed E-state index contributed by atoms with van der Waals surface area (Å²) >= 11 is 0. The average Bonchev–Trinajstić information content (AvgIpc) is 3.04. The zero-order chi connectivity index (χ0) is 21.0. The number of nitrogens with zero attached hydrogens (tertiary/aromatic N) is 1. The first-order chi connectivity index (χ1) is 13.8. The number of hydrogen-bond acceptors (Lipinski definition) is 3. The number of benzene rings is 2. The van der Waals surface area contributed by atoms with Crippen molar-refractivity contribution in [2.75, 3.05) is 18.4 Å². The van der Waals surface area contributed by atoms with E-state index in [1.165, 1.54) is 0 Å². The molecule has 29 heavy (non-hydrogen) atoms. The topological polar surface area (TPSA) is 78.5 Å². The first-order valence-electron chi connectivity index (χ1n) is 9.80. The zero-order valence-electron chi connectivity index (χ0n) is 17.1. The summed E-state index contributed by atoms with van der Waals surface area (Å²) in [6, 6.07) is 13.7. The molecular weight excluding hydrogens is 366 g/mol. The molecule has 0 saturated carbocycles. The standard InChI is InChI=1S/C23H27N3O3/c1-15-9-16(2)22(17(3)10-15)25-20(27)12-24-23(29)19-11-21(28)26(14-19)13-18-7-5-4-6-8-18/h4-10,19H,11-14H2,1-3H3,(H,24,29)(H,25,27). The third kappa shape index (κ3) is 5.22. The van der Waals surface area contributed by atoms with Crippen molar-refractivity contribution in [2.45, 2.75) is 33.7 Å². The number of aryl methyl sites for hydroxylation is 3. The lowest BCUT2D eigenvalue weighted by molar-refractivity contribution is -0.129. The van der Waals surface area contributed by atoms with Crippen molar-refractivity contribution in [3.8, 4) is 0 Å². The Hall–Kier alpha value is -3.15. The minimum atomic E-state index is -0.429. The predicted molar refractivity (Wildman–Crippen MR) is 112 cm³/mol. The van der Waals surface area contributed by atoms with E-state index < -0.39 is 5.92 Å². The van der Waals surface area contributed by atoms with Gasteiger partial charge in [0.1, 0.15) is 0 Å². The van der Waals surface area contributed by atoms with Crippen LogP contribution in [0, 0.1) is 26.7 Å². The third-order valence-corrected chi connectivity index (χ3v) is 5.17. The van der Waals surface area contributed by atoms with E-state index in [-0.39, 0.29) is 30.7 Å². The average molecular weight is 393 g/mol. The van der Waals surface area contributed by atoms with Gasteiger partial charge in [-0.25, -0.2) is 0 Å². The summed E-state index contributed by atoms with van der Waals surface area (Å²) in [6.07, 6.45) is 0.177. The van der Waals surface area contributed by atoms with Gasteiger partial charge in [0.15, 0.2) is 0 Å². The van der Waals surface area contributed by atoms with Crippen LogP contribution in [-0.2, 0) is 20.9 Å². The first-order valence-corrected chi connectivity index (χ1v) is 9.80. The van der Waals surface area contributed by atoms with Crippen LogP contribution in [0.15, 0.2) is 42.5 Å². The molecule has 1 atom stereocenters. The van der Waals surface area contributed by atoms with E-state index in [4.69, 9.17) is 0 Å². The second-order valence-electron chi connectivity index (χ2n) is 7.70. The summed E-state index contributed by atoms with van der Waals surface area (Å²) in [7, 11) is 0. The van der Waals surface area contributed by atoms with E-state index in [1.807, 2.05) is 63.2 Å². The number of hydrogen-bond donors (Lipinski definition) is 2. The van der Waals surface area contributed by atoms with Crippen molar-refractivity contribution in [3.05, 3.63) is 64.7 Å². The summed E-state index contributed by atoms with van der Waals surface area (Å²) < 4.78 is 0. The molecule has 0 bridgehead atoms. The van der Waals surface area contributed by atoms with E-state index in [0.717, 1.165) is 27.9 Å². The highest BCUT2D eigenvalue weighted by Crippen LogP contribution is 2.22. The maximum atomic E-state index is 12.5. The Bertz CT molecular complexity index is 901. The van der Waals surface area contributed by atoms with E-state index in [1.54, 1.807) is 4.90 Å². The summed E-state index contributed by atoms with van der Waals surface area (Å²) in [5.74, 6) is -1.01.